The highest BCUT2D eigenvalue weighted by Crippen LogP contribution is 2.28. The van der Waals surface area contributed by atoms with Gasteiger partial charge in [-0.2, -0.15) is 0 Å². The van der Waals surface area contributed by atoms with E-state index < -0.39 is 0 Å². The monoisotopic (exact) mass is 282 g/mol. The lowest BCUT2D eigenvalue weighted by Gasteiger charge is -2.16. The summed E-state index contributed by atoms with van der Waals surface area (Å²) >= 11 is 3.64. The van der Waals surface area contributed by atoms with Crippen LogP contribution in [0.4, 0.5) is 5.69 Å². The van der Waals surface area contributed by atoms with Gasteiger partial charge in [-0.05, 0) is 54.9 Å². The number of benzene rings is 1. The molecule has 3 heteroatoms. The van der Waals surface area contributed by atoms with Gasteiger partial charge in [0.1, 0.15) is 0 Å². The van der Waals surface area contributed by atoms with E-state index in [-0.39, 0.29) is 0 Å². The molecule has 1 aliphatic rings. The Bertz CT molecular complexity index is 368. The second kappa shape index (κ2) is 4.76. The minimum absolute atomic E-state index is 0.568. The molecule has 0 saturated carbocycles. The van der Waals surface area contributed by atoms with E-state index >= 15 is 0 Å². The molecule has 1 fully saturated rings. The molecule has 1 saturated heterocycles. The maximum absolute atomic E-state index is 3.64. The lowest BCUT2D eigenvalue weighted by molar-refractivity contribution is 0.330. The minimum Gasteiger partial charge on any atom is -0.380 e. The fourth-order valence-electron chi connectivity index (χ4n) is 2.28. The Morgan fingerprint density at radius 2 is 2.19 bits per heavy atom. The second-order valence-corrected chi connectivity index (χ2v) is 5.60. The fraction of sp³-hybridized carbons (Fsp3) is 0.538. The van der Waals surface area contributed by atoms with Crippen LogP contribution in [0.1, 0.15) is 18.9 Å². The quantitative estimate of drug-likeness (QED) is 0.896. The molecule has 2 unspecified atom stereocenters. The zero-order chi connectivity index (χ0) is 11.7. The molecule has 0 radical (unpaired) electrons. The highest BCUT2D eigenvalue weighted by atomic mass is 79.9. The second-order valence-electron chi connectivity index (χ2n) is 4.80. The number of hydrogen-bond acceptors (Lipinski definition) is 2. The van der Waals surface area contributed by atoms with Gasteiger partial charge in [0.2, 0.25) is 0 Å². The molecule has 1 N–H and O–H groups in total. The van der Waals surface area contributed by atoms with Crippen LogP contribution in [-0.4, -0.2) is 30.6 Å². The van der Waals surface area contributed by atoms with Crippen molar-refractivity contribution in [3.8, 4) is 0 Å². The maximum atomic E-state index is 3.64. The van der Waals surface area contributed by atoms with Crippen molar-refractivity contribution >= 4 is 21.6 Å². The Kier molecular flexibility index (Phi) is 3.55. The fourth-order valence-corrected chi connectivity index (χ4v) is 2.66. The standard InChI is InChI=1S/C13H19BrN2/c1-9-5-4-6-12(13(9)14)15-11-7-10(2)16(3)8-11/h4-6,10-11,15H,7-8H2,1-3H3. The summed E-state index contributed by atoms with van der Waals surface area (Å²) in [5.74, 6) is 0. The summed E-state index contributed by atoms with van der Waals surface area (Å²) in [4.78, 5) is 2.40. The molecule has 1 aromatic rings. The van der Waals surface area contributed by atoms with Crippen LogP contribution >= 0.6 is 15.9 Å². The molecular weight excluding hydrogens is 264 g/mol. The number of nitrogens with one attached hydrogen (secondary N) is 1. The van der Waals surface area contributed by atoms with Crippen molar-refractivity contribution in [2.45, 2.75) is 32.4 Å². The van der Waals surface area contributed by atoms with Gasteiger partial charge in [0.05, 0.1) is 0 Å². The van der Waals surface area contributed by atoms with Gasteiger partial charge in [0.15, 0.2) is 0 Å². The molecule has 1 aliphatic heterocycles. The smallest absolute Gasteiger partial charge is 0.0489 e. The average Bonchev–Trinajstić information content (AvgIpc) is 2.54. The molecule has 0 aromatic heterocycles. The molecule has 16 heavy (non-hydrogen) atoms. The first-order valence-electron chi connectivity index (χ1n) is 5.80. The Hall–Kier alpha value is -0.540. The van der Waals surface area contributed by atoms with Crippen LogP contribution in [0.2, 0.25) is 0 Å². The predicted molar refractivity (Wildman–Crippen MR) is 73.0 cm³/mol. The summed E-state index contributed by atoms with van der Waals surface area (Å²) in [5.41, 5.74) is 2.50. The zero-order valence-electron chi connectivity index (χ0n) is 10.1. The van der Waals surface area contributed by atoms with E-state index in [0.29, 0.717) is 12.1 Å². The highest BCUT2D eigenvalue weighted by molar-refractivity contribution is 9.10. The lowest BCUT2D eigenvalue weighted by atomic mass is 10.1. The van der Waals surface area contributed by atoms with Crippen molar-refractivity contribution in [3.63, 3.8) is 0 Å². The summed E-state index contributed by atoms with van der Waals surface area (Å²) in [7, 11) is 2.19. The number of halogens is 1. The van der Waals surface area contributed by atoms with Crippen LogP contribution in [0.3, 0.4) is 0 Å². The third-order valence-corrected chi connectivity index (χ3v) is 4.49. The first-order chi connectivity index (χ1) is 7.58. The molecule has 0 bridgehead atoms. The van der Waals surface area contributed by atoms with Crippen LogP contribution in [-0.2, 0) is 0 Å². The molecule has 0 spiro atoms. The number of nitrogens with zero attached hydrogens (tertiary/aromatic N) is 1. The summed E-state index contributed by atoms with van der Waals surface area (Å²) in [6, 6.07) is 7.61. The molecule has 2 atom stereocenters. The Morgan fingerprint density at radius 1 is 1.44 bits per heavy atom. The van der Waals surface area contributed by atoms with Crippen LogP contribution in [0.25, 0.3) is 0 Å². The molecule has 0 amide bonds. The number of likely N-dealkylation sites (tertiary alicyclic amines) is 1. The summed E-state index contributed by atoms with van der Waals surface area (Å²) in [5, 5.41) is 3.62. The highest BCUT2D eigenvalue weighted by Gasteiger charge is 2.26. The van der Waals surface area contributed by atoms with Crippen LogP contribution in [0, 0.1) is 6.92 Å². The van der Waals surface area contributed by atoms with Gasteiger partial charge < -0.3 is 10.2 Å². The number of rotatable bonds is 2. The third-order valence-electron chi connectivity index (χ3n) is 3.44. The van der Waals surface area contributed by atoms with Gasteiger partial charge in [-0.1, -0.05) is 12.1 Å². The Balaban J connectivity index is 2.08. The van der Waals surface area contributed by atoms with Crippen LogP contribution in [0.5, 0.6) is 0 Å². The van der Waals surface area contributed by atoms with Gasteiger partial charge in [-0.15, -0.1) is 0 Å². The number of hydrogen-bond donors (Lipinski definition) is 1. The van der Waals surface area contributed by atoms with E-state index in [0.717, 1.165) is 6.54 Å². The largest absolute Gasteiger partial charge is 0.380 e. The van der Waals surface area contributed by atoms with Gasteiger partial charge in [0, 0.05) is 28.8 Å². The Morgan fingerprint density at radius 3 is 2.81 bits per heavy atom. The van der Waals surface area contributed by atoms with Crippen molar-refractivity contribution in [1.29, 1.82) is 0 Å². The molecule has 1 heterocycles. The van der Waals surface area contributed by atoms with E-state index in [1.54, 1.807) is 0 Å². The van der Waals surface area contributed by atoms with Gasteiger partial charge in [0.25, 0.3) is 0 Å². The van der Waals surface area contributed by atoms with Crippen molar-refractivity contribution in [2.24, 2.45) is 0 Å². The topological polar surface area (TPSA) is 15.3 Å². The van der Waals surface area contributed by atoms with Crippen molar-refractivity contribution in [3.05, 3.63) is 28.2 Å². The van der Waals surface area contributed by atoms with Crippen LogP contribution < -0.4 is 5.32 Å². The molecule has 2 nitrogen and oxygen atoms in total. The SMILES string of the molecule is Cc1cccc(NC2CC(C)N(C)C2)c1Br. The molecule has 2 rings (SSSR count). The van der Waals surface area contributed by atoms with Crippen molar-refractivity contribution in [1.82, 2.24) is 4.90 Å². The van der Waals surface area contributed by atoms with Crippen molar-refractivity contribution in [2.75, 3.05) is 18.9 Å². The zero-order valence-corrected chi connectivity index (χ0v) is 11.7. The number of aryl methyl sites for hydroxylation is 1. The first kappa shape index (κ1) is 11.9. The van der Waals surface area contributed by atoms with E-state index in [4.69, 9.17) is 0 Å². The van der Waals surface area contributed by atoms with Crippen molar-refractivity contribution < 1.29 is 0 Å². The maximum Gasteiger partial charge on any atom is 0.0489 e. The number of likely N-dealkylation sites (N-methyl/N-ethyl adjacent to an activating group) is 1. The van der Waals surface area contributed by atoms with Crippen LogP contribution in [0.15, 0.2) is 22.7 Å². The number of anilines is 1. The van der Waals surface area contributed by atoms with Gasteiger partial charge in [-0.3, -0.25) is 0 Å². The van der Waals surface area contributed by atoms with E-state index in [9.17, 15) is 0 Å². The summed E-state index contributed by atoms with van der Waals surface area (Å²) in [6.07, 6.45) is 1.22. The molecule has 88 valence electrons. The van der Waals surface area contributed by atoms with E-state index in [1.165, 1.54) is 22.1 Å². The average molecular weight is 283 g/mol. The minimum atomic E-state index is 0.568. The third kappa shape index (κ3) is 2.41. The Labute approximate surface area is 106 Å². The lowest BCUT2D eigenvalue weighted by Crippen LogP contribution is -2.25. The van der Waals surface area contributed by atoms with Gasteiger partial charge in [-0.25, -0.2) is 0 Å². The summed E-state index contributed by atoms with van der Waals surface area (Å²) < 4.78 is 1.19. The van der Waals surface area contributed by atoms with E-state index in [1.807, 2.05) is 0 Å². The van der Waals surface area contributed by atoms with Gasteiger partial charge >= 0.3 is 0 Å². The van der Waals surface area contributed by atoms with E-state index in [2.05, 4.69) is 65.2 Å². The normalized spacial score (nSPS) is 26.0. The molecule has 1 aromatic carbocycles. The first-order valence-corrected chi connectivity index (χ1v) is 6.59. The molecular formula is C13H19BrN2. The molecule has 0 aliphatic carbocycles. The predicted octanol–water partition coefficient (Wildman–Crippen LogP) is 3.26. The summed E-state index contributed by atoms with van der Waals surface area (Å²) in [6.45, 7) is 5.53.